The maximum Gasteiger partial charge on any atom is 0.315 e. The van der Waals surface area contributed by atoms with E-state index in [2.05, 4.69) is 29.3 Å². The molecule has 3 heteroatoms. The molecule has 0 aromatic heterocycles. The quantitative estimate of drug-likeness (QED) is 0.767. The van der Waals surface area contributed by atoms with Gasteiger partial charge in [-0.3, -0.25) is 0 Å². The molecule has 1 saturated carbocycles. The topological polar surface area (TPSA) is 41.1 Å². The first-order valence-corrected chi connectivity index (χ1v) is 5.99. The molecule has 1 aromatic carbocycles. The van der Waals surface area contributed by atoms with Crippen molar-refractivity contribution in [3.05, 3.63) is 48.6 Å². The van der Waals surface area contributed by atoms with E-state index in [1.54, 1.807) is 6.08 Å². The molecule has 0 saturated heterocycles. The van der Waals surface area contributed by atoms with E-state index in [0.29, 0.717) is 6.54 Å². The second kappa shape index (κ2) is 5.04. The van der Waals surface area contributed by atoms with Crippen molar-refractivity contribution in [2.75, 3.05) is 6.54 Å². The normalized spacial score (nSPS) is 16.7. The molecule has 0 atom stereocenters. The molecule has 0 spiro atoms. The van der Waals surface area contributed by atoms with E-state index in [1.807, 2.05) is 18.2 Å². The van der Waals surface area contributed by atoms with E-state index in [1.165, 1.54) is 5.56 Å². The molecule has 1 fully saturated rings. The van der Waals surface area contributed by atoms with Gasteiger partial charge in [0.2, 0.25) is 0 Å². The van der Waals surface area contributed by atoms with Crippen LogP contribution in [0.25, 0.3) is 0 Å². The highest BCUT2D eigenvalue weighted by atomic mass is 16.2. The Morgan fingerprint density at radius 2 is 2.06 bits per heavy atom. The summed E-state index contributed by atoms with van der Waals surface area (Å²) in [6.45, 7) is 4.08. The minimum atomic E-state index is -0.160. The molecule has 2 rings (SSSR count). The minimum absolute atomic E-state index is 0.117. The van der Waals surface area contributed by atoms with Gasteiger partial charge < -0.3 is 10.6 Å². The minimum Gasteiger partial charge on any atom is -0.335 e. The molecule has 2 amide bonds. The highest BCUT2D eigenvalue weighted by Crippen LogP contribution is 2.40. The van der Waals surface area contributed by atoms with Gasteiger partial charge in [0.15, 0.2) is 0 Å². The SMILES string of the molecule is C=CCNC(=O)NC1(c2ccccc2)CCC1. The Bertz CT molecular complexity index is 396. The Balaban J connectivity index is 2.05. The van der Waals surface area contributed by atoms with Gasteiger partial charge in [0, 0.05) is 6.54 Å². The van der Waals surface area contributed by atoms with Crippen LogP contribution in [0.1, 0.15) is 24.8 Å². The summed E-state index contributed by atoms with van der Waals surface area (Å²) in [6, 6.07) is 10.1. The van der Waals surface area contributed by atoms with E-state index in [4.69, 9.17) is 0 Å². The fourth-order valence-corrected chi connectivity index (χ4v) is 2.20. The summed E-state index contributed by atoms with van der Waals surface area (Å²) >= 11 is 0. The Kier molecular flexibility index (Phi) is 3.47. The molecular formula is C14H18N2O. The second-order valence-corrected chi connectivity index (χ2v) is 4.43. The number of carbonyl (C=O) groups excluding carboxylic acids is 1. The first kappa shape index (κ1) is 11.7. The number of benzene rings is 1. The van der Waals surface area contributed by atoms with Crippen LogP contribution in [0.15, 0.2) is 43.0 Å². The lowest BCUT2D eigenvalue weighted by Crippen LogP contribution is -2.53. The van der Waals surface area contributed by atoms with Crippen molar-refractivity contribution in [1.82, 2.24) is 10.6 Å². The van der Waals surface area contributed by atoms with Crippen LogP contribution in [-0.2, 0) is 5.54 Å². The van der Waals surface area contributed by atoms with E-state index >= 15 is 0 Å². The number of hydrogen-bond donors (Lipinski definition) is 2. The zero-order chi connectivity index (χ0) is 12.1. The van der Waals surface area contributed by atoms with Gasteiger partial charge in [-0.15, -0.1) is 6.58 Å². The van der Waals surface area contributed by atoms with Gasteiger partial charge >= 0.3 is 6.03 Å². The zero-order valence-electron chi connectivity index (χ0n) is 9.91. The van der Waals surface area contributed by atoms with Gasteiger partial charge in [-0.2, -0.15) is 0 Å². The third kappa shape index (κ3) is 2.49. The Morgan fingerprint density at radius 1 is 1.35 bits per heavy atom. The molecule has 1 aromatic rings. The van der Waals surface area contributed by atoms with Crippen molar-refractivity contribution >= 4 is 6.03 Å². The largest absolute Gasteiger partial charge is 0.335 e. The van der Waals surface area contributed by atoms with Crippen LogP contribution >= 0.6 is 0 Å². The fourth-order valence-electron chi connectivity index (χ4n) is 2.20. The molecule has 0 heterocycles. The van der Waals surface area contributed by atoms with Crippen molar-refractivity contribution in [3.63, 3.8) is 0 Å². The van der Waals surface area contributed by atoms with Gasteiger partial charge in [-0.25, -0.2) is 4.79 Å². The van der Waals surface area contributed by atoms with Gasteiger partial charge in [0.1, 0.15) is 0 Å². The number of urea groups is 1. The average Bonchev–Trinajstić information content (AvgIpc) is 2.32. The molecule has 17 heavy (non-hydrogen) atoms. The van der Waals surface area contributed by atoms with Crippen LogP contribution in [0.5, 0.6) is 0 Å². The lowest BCUT2D eigenvalue weighted by atomic mass is 9.72. The zero-order valence-corrected chi connectivity index (χ0v) is 9.91. The molecule has 90 valence electrons. The number of hydrogen-bond acceptors (Lipinski definition) is 1. The fraction of sp³-hybridized carbons (Fsp3) is 0.357. The molecule has 1 aliphatic carbocycles. The number of rotatable bonds is 4. The average molecular weight is 230 g/mol. The van der Waals surface area contributed by atoms with Gasteiger partial charge in [0.25, 0.3) is 0 Å². The lowest BCUT2D eigenvalue weighted by Gasteiger charge is -2.43. The molecule has 2 N–H and O–H groups in total. The van der Waals surface area contributed by atoms with Crippen molar-refractivity contribution in [1.29, 1.82) is 0 Å². The predicted octanol–water partition coefficient (Wildman–Crippen LogP) is 2.55. The molecule has 3 nitrogen and oxygen atoms in total. The van der Waals surface area contributed by atoms with Crippen molar-refractivity contribution in [2.45, 2.75) is 24.8 Å². The highest BCUT2D eigenvalue weighted by Gasteiger charge is 2.39. The summed E-state index contributed by atoms with van der Waals surface area (Å²) in [4.78, 5) is 11.7. The van der Waals surface area contributed by atoms with E-state index < -0.39 is 0 Å². The predicted molar refractivity (Wildman–Crippen MR) is 68.7 cm³/mol. The van der Waals surface area contributed by atoms with Crippen molar-refractivity contribution in [3.8, 4) is 0 Å². The summed E-state index contributed by atoms with van der Waals surface area (Å²) in [5.41, 5.74) is 1.03. The van der Waals surface area contributed by atoms with Crippen molar-refractivity contribution in [2.24, 2.45) is 0 Å². The summed E-state index contributed by atoms with van der Waals surface area (Å²) in [6.07, 6.45) is 4.86. The summed E-state index contributed by atoms with van der Waals surface area (Å²) in [5, 5.41) is 5.84. The van der Waals surface area contributed by atoms with Gasteiger partial charge in [-0.1, -0.05) is 36.4 Å². The first-order valence-electron chi connectivity index (χ1n) is 5.99. The summed E-state index contributed by atoms with van der Waals surface area (Å²) in [7, 11) is 0. The highest BCUT2D eigenvalue weighted by molar-refractivity contribution is 5.75. The van der Waals surface area contributed by atoms with Gasteiger partial charge in [-0.05, 0) is 24.8 Å². The van der Waals surface area contributed by atoms with Crippen molar-refractivity contribution < 1.29 is 4.79 Å². The van der Waals surface area contributed by atoms with Crippen LogP contribution in [-0.4, -0.2) is 12.6 Å². The number of nitrogens with one attached hydrogen (secondary N) is 2. The van der Waals surface area contributed by atoms with E-state index in [9.17, 15) is 4.79 Å². The summed E-state index contributed by atoms with van der Waals surface area (Å²) < 4.78 is 0. The first-order chi connectivity index (χ1) is 8.27. The number of amides is 2. The molecule has 1 aliphatic rings. The Morgan fingerprint density at radius 3 is 2.59 bits per heavy atom. The number of carbonyl (C=O) groups is 1. The maximum absolute atomic E-state index is 11.7. The van der Waals surface area contributed by atoms with E-state index in [0.717, 1.165) is 19.3 Å². The van der Waals surface area contributed by atoms with Crippen LogP contribution in [0.4, 0.5) is 4.79 Å². The van der Waals surface area contributed by atoms with Crippen LogP contribution in [0.3, 0.4) is 0 Å². The smallest absolute Gasteiger partial charge is 0.315 e. The third-order valence-corrected chi connectivity index (χ3v) is 3.29. The molecule has 0 radical (unpaired) electrons. The summed E-state index contributed by atoms with van der Waals surface area (Å²) in [5.74, 6) is 0. The monoisotopic (exact) mass is 230 g/mol. The van der Waals surface area contributed by atoms with Gasteiger partial charge in [0.05, 0.1) is 5.54 Å². The molecule has 0 aliphatic heterocycles. The Labute approximate surface area is 102 Å². The molecule has 0 bridgehead atoms. The second-order valence-electron chi connectivity index (χ2n) is 4.43. The van der Waals surface area contributed by atoms with Crippen LogP contribution < -0.4 is 10.6 Å². The standard InChI is InChI=1S/C14H18N2O/c1-2-11-15-13(17)16-14(9-6-10-14)12-7-4-3-5-8-12/h2-5,7-8H,1,6,9-11H2,(H2,15,16,17). The lowest BCUT2D eigenvalue weighted by molar-refractivity contribution is 0.178. The van der Waals surface area contributed by atoms with Crippen LogP contribution in [0.2, 0.25) is 0 Å². The molecular weight excluding hydrogens is 212 g/mol. The van der Waals surface area contributed by atoms with Crippen LogP contribution in [0, 0.1) is 0 Å². The molecule has 0 unspecified atom stereocenters. The Hall–Kier alpha value is -1.77. The third-order valence-electron chi connectivity index (χ3n) is 3.29. The van der Waals surface area contributed by atoms with E-state index in [-0.39, 0.29) is 11.6 Å². The maximum atomic E-state index is 11.7.